The smallest absolute Gasteiger partial charge is 0.294 e. The van der Waals surface area contributed by atoms with Crippen molar-refractivity contribution < 1.29 is 26.1 Å². The van der Waals surface area contributed by atoms with Gasteiger partial charge < -0.3 is 10.1 Å². The van der Waals surface area contributed by atoms with E-state index in [0.29, 0.717) is 6.02 Å². The van der Waals surface area contributed by atoms with Crippen LogP contribution >= 0.6 is 0 Å². The number of sulfone groups is 1. The van der Waals surface area contributed by atoms with Gasteiger partial charge in [-0.3, -0.25) is 4.55 Å². The molecule has 0 amide bonds. The number of aliphatic imine (C=N–C) groups is 1. The van der Waals surface area contributed by atoms with Crippen molar-refractivity contribution in [2.45, 2.75) is 24.0 Å². The Labute approximate surface area is 163 Å². The van der Waals surface area contributed by atoms with Gasteiger partial charge in [0.05, 0.1) is 16.4 Å². The van der Waals surface area contributed by atoms with Crippen LogP contribution in [0.1, 0.15) is 5.56 Å². The van der Waals surface area contributed by atoms with Crippen molar-refractivity contribution in [2.75, 3.05) is 16.8 Å². The number of rotatable bonds is 2. The minimum atomic E-state index is -4.02. The van der Waals surface area contributed by atoms with E-state index in [1.54, 1.807) is 12.1 Å². The molecule has 2 aromatic rings. The van der Waals surface area contributed by atoms with Crippen molar-refractivity contribution in [1.29, 1.82) is 0 Å². The van der Waals surface area contributed by atoms with E-state index >= 15 is 0 Å². The molecule has 28 heavy (non-hydrogen) atoms. The van der Waals surface area contributed by atoms with Crippen molar-refractivity contribution in [3.05, 3.63) is 60.2 Å². The molecule has 2 aliphatic rings. The Kier molecular flexibility index (Phi) is 5.73. The van der Waals surface area contributed by atoms with Crippen molar-refractivity contribution in [3.63, 3.8) is 0 Å². The second-order valence-corrected chi connectivity index (χ2v) is 10.1. The Morgan fingerprint density at radius 2 is 1.71 bits per heavy atom. The van der Waals surface area contributed by atoms with Gasteiger partial charge in [-0.2, -0.15) is 8.42 Å². The van der Waals surface area contributed by atoms with Gasteiger partial charge in [-0.15, -0.1) is 0 Å². The lowest BCUT2D eigenvalue weighted by molar-refractivity contribution is 0.230. The number of para-hydroxylation sites is 1. The standard InChI is InChI=1S/C11H12N2O3S.C7H8O3S/c14-17(15)6-9-10(7-17)16-11(13-9)12-8-4-2-1-3-5-8;1-6-2-4-7(5-3-6)11(8,9)10/h1-5,9-10H,6-7H2,(H,12,13);2-5H,1H3,(H,8,9,10)/t9-,10-;/m1./s1. The zero-order valence-corrected chi connectivity index (χ0v) is 16.7. The van der Waals surface area contributed by atoms with Crippen molar-refractivity contribution in [3.8, 4) is 0 Å². The lowest BCUT2D eigenvalue weighted by atomic mass is 10.2. The highest BCUT2D eigenvalue weighted by atomic mass is 32.2. The Morgan fingerprint density at radius 3 is 2.29 bits per heavy atom. The van der Waals surface area contributed by atoms with Crippen LogP contribution in [0.2, 0.25) is 0 Å². The normalized spacial score (nSPS) is 22.3. The van der Waals surface area contributed by atoms with Crippen LogP contribution < -0.4 is 5.32 Å². The maximum absolute atomic E-state index is 11.3. The SMILES string of the molecule is Cc1ccc(S(=O)(=O)O)cc1.O=S1(=O)C[C@H]2N=C(Nc3ccccc3)O[C@@H]2C1. The highest BCUT2D eigenvalue weighted by molar-refractivity contribution is 7.91. The summed E-state index contributed by atoms with van der Waals surface area (Å²) in [5.74, 6) is 0.165. The van der Waals surface area contributed by atoms with Crippen LogP contribution in [0.25, 0.3) is 0 Å². The third-order valence-electron chi connectivity index (χ3n) is 4.16. The van der Waals surface area contributed by atoms with Gasteiger partial charge in [0.25, 0.3) is 16.1 Å². The minimum absolute atomic E-state index is 0.0666. The van der Waals surface area contributed by atoms with E-state index in [0.717, 1.165) is 11.3 Å². The fourth-order valence-corrected chi connectivity index (χ4v) is 4.99. The molecule has 2 atom stereocenters. The van der Waals surface area contributed by atoms with Gasteiger partial charge >= 0.3 is 0 Å². The van der Waals surface area contributed by atoms with Crippen LogP contribution in [-0.2, 0) is 24.7 Å². The number of amidine groups is 1. The maximum atomic E-state index is 11.3. The van der Waals surface area contributed by atoms with Crippen LogP contribution in [0.5, 0.6) is 0 Å². The first-order chi connectivity index (χ1) is 13.1. The summed E-state index contributed by atoms with van der Waals surface area (Å²) in [5, 5.41) is 3.03. The van der Waals surface area contributed by atoms with E-state index in [4.69, 9.17) is 9.29 Å². The molecule has 0 bridgehead atoms. The molecule has 10 heteroatoms. The van der Waals surface area contributed by atoms with Crippen molar-refractivity contribution >= 4 is 31.7 Å². The monoisotopic (exact) mass is 424 g/mol. The second-order valence-electron chi connectivity index (χ2n) is 6.51. The van der Waals surface area contributed by atoms with E-state index < -0.39 is 20.0 Å². The molecule has 2 aromatic carbocycles. The van der Waals surface area contributed by atoms with Crippen LogP contribution in [-0.4, -0.2) is 51.1 Å². The molecular formula is C18H20N2O6S2. The number of anilines is 1. The van der Waals surface area contributed by atoms with Gasteiger partial charge in [0, 0.05) is 5.69 Å². The summed E-state index contributed by atoms with van der Waals surface area (Å²) in [6.45, 7) is 1.84. The van der Waals surface area contributed by atoms with Crippen molar-refractivity contribution in [1.82, 2.24) is 0 Å². The average Bonchev–Trinajstić information content (AvgIpc) is 3.08. The van der Waals surface area contributed by atoms with Gasteiger partial charge in [0.15, 0.2) is 9.84 Å². The summed E-state index contributed by atoms with van der Waals surface area (Å²) >= 11 is 0. The predicted molar refractivity (Wildman–Crippen MR) is 106 cm³/mol. The molecule has 8 nitrogen and oxygen atoms in total. The molecule has 2 aliphatic heterocycles. The highest BCUT2D eigenvalue weighted by Crippen LogP contribution is 2.24. The second kappa shape index (κ2) is 7.90. The van der Waals surface area contributed by atoms with E-state index in [9.17, 15) is 16.8 Å². The quantitative estimate of drug-likeness (QED) is 0.706. The molecule has 2 N–H and O–H groups in total. The number of ether oxygens (including phenoxy) is 1. The average molecular weight is 425 g/mol. The first-order valence-corrected chi connectivity index (χ1v) is 11.7. The zero-order valence-electron chi connectivity index (χ0n) is 15.0. The van der Waals surface area contributed by atoms with Crippen LogP contribution in [0.3, 0.4) is 0 Å². The van der Waals surface area contributed by atoms with E-state index in [1.807, 2.05) is 37.3 Å². The van der Waals surface area contributed by atoms with E-state index in [2.05, 4.69) is 10.3 Å². The summed E-state index contributed by atoms with van der Waals surface area (Å²) in [5.41, 5.74) is 1.84. The molecule has 0 spiro atoms. The first-order valence-electron chi connectivity index (χ1n) is 8.43. The lowest BCUT2D eigenvalue weighted by Gasteiger charge is -2.08. The molecule has 0 aliphatic carbocycles. The molecular weight excluding hydrogens is 404 g/mol. The number of hydrogen-bond acceptors (Lipinski definition) is 7. The summed E-state index contributed by atoms with van der Waals surface area (Å²) < 4.78 is 57.7. The number of benzene rings is 2. The van der Waals surface area contributed by atoms with Crippen LogP contribution in [0.15, 0.2) is 64.5 Å². The molecule has 0 radical (unpaired) electrons. The molecule has 1 fully saturated rings. The number of hydrogen-bond donors (Lipinski definition) is 2. The number of nitrogens with zero attached hydrogens (tertiary/aromatic N) is 1. The Balaban J connectivity index is 0.000000178. The Hall–Kier alpha value is -2.43. The van der Waals surface area contributed by atoms with Crippen molar-refractivity contribution in [2.24, 2.45) is 4.99 Å². The third-order valence-corrected chi connectivity index (χ3v) is 6.72. The van der Waals surface area contributed by atoms with E-state index in [1.165, 1.54) is 12.1 Å². The van der Waals surface area contributed by atoms with Gasteiger partial charge in [-0.05, 0) is 31.2 Å². The zero-order chi connectivity index (χ0) is 20.4. The fourth-order valence-electron chi connectivity index (χ4n) is 2.77. The summed E-state index contributed by atoms with van der Waals surface area (Å²) in [6, 6.07) is 15.7. The molecule has 4 rings (SSSR count). The summed E-state index contributed by atoms with van der Waals surface area (Å²) in [4.78, 5) is 4.18. The molecule has 0 unspecified atom stereocenters. The summed E-state index contributed by atoms with van der Waals surface area (Å²) in [6.07, 6.45) is -0.314. The molecule has 1 saturated heterocycles. The number of fused-ring (bicyclic) bond motifs is 1. The number of nitrogens with one attached hydrogen (secondary N) is 1. The fraction of sp³-hybridized carbons (Fsp3) is 0.278. The lowest BCUT2D eigenvalue weighted by Crippen LogP contribution is -2.22. The van der Waals surface area contributed by atoms with Gasteiger partial charge in [0.1, 0.15) is 12.1 Å². The Bertz CT molecular complexity index is 1060. The molecule has 150 valence electrons. The molecule has 2 heterocycles. The summed E-state index contributed by atoms with van der Waals surface area (Å²) in [7, 11) is -6.98. The van der Waals surface area contributed by atoms with Gasteiger partial charge in [0.2, 0.25) is 0 Å². The third kappa shape index (κ3) is 5.31. The molecule has 0 aromatic heterocycles. The van der Waals surface area contributed by atoms with Crippen LogP contribution in [0.4, 0.5) is 5.69 Å². The largest absolute Gasteiger partial charge is 0.458 e. The van der Waals surface area contributed by atoms with Gasteiger partial charge in [-0.25, -0.2) is 13.4 Å². The highest BCUT2D eigenvalue weighted by Gasteiger charge is 2.43. The number of aryl methyl sites for hydroxylation is 1. The molecule has 0 saturated carbocycles. The van der Waals surface area contributed by atoms with E-state index in [-0.39, 0.29) is 28.5 Å². The minimum Gasteiger partial charge on any atom is -0.458 e. The van der Waals surface area contributed by atoms with Gasteiger partial charge in [-0.1, -0.05) is 35.9 Å². The first kappa shape index (κ1) is 20.3. The van der Waals surface area contributed by atoms with Crippen LogP contribution in [0, 0.1) is 6.92 Å². The topological polar surface area (TPSA) is 122 Å². The predicted octanol–water partition coefficient (Wildman–Crippen LogP) is 1.89. The Morgan fingerprint density at radius 1 is 1.07 bits per heavy atom. The maximum Gasteiger partial charge on any atom is 0.294 e.